The lowest BCUT2D eigenvalue weighted by Crippen LogP contribution is -1.82. The van der Waals surface area contributed by atoms with Crippen LogP contribution in [0.3, 0.4) is 0 Å². The highest BCUT2D eigenvalue weighted by Gasteiger charge is 2.09. The van der Waals surface area contributed by atoms with Crippen LogP contribution in [0.2, 0.25) is 0 Å². The van der Waals surface area contributed by atoms with E-state index in [4.69, 9.17) is 4.42 Å². The summed E-state index contributed by atoms with van der Waals surface area (Å²) in [5.74, 6) is 12.4. The molecule has 1 heterocycles. The number of aromatic nitrogens is 1. The molecule has 1 aromatic carbocycles. The van der Waals surface area contributed by atoms with Gasteiger partial charge in [0.15, 0.2) is 11.5 Å². The highest BCUT2D eigenvalue weighted by molar-refractivity contribution is 5.85. The Kier molecular flexibility index (Phi) is 2.66. The summed E-state index contributed by atoms with van der Waals surface area (Å²) < 4.78 is 5.56. The van der Waals surface area contributed by atoms with E-state index >= 15 is 0 Å². The minimum absolute atomic E-state index is 0.638. The van der Waals surface area contributed by atoms with E-state index in [1.165, 1.54) is 0 Å². The summed E-state index contributed by atoms with van der Waals surface area (Å²) in [6.07, 6.45) is 0. The molecule has 0 radical (unpaired) electrons. The Labute approximate surface area is 94.7 Å². The van der Waals surface area contributed by atoms with E-state index in [0.29, 0.717) is 5.89 Å². The number of rotatable bonds is 0. The van der Waals surface area contributed by atoms with E-state index in [-0.39, 0.29) is 0 Å². The van der Waals surface area contributed by atoms with Crippen molar-refractivity contribution in [3.05, 3.63) is 29.2 Å². The Hall–Kier alpha value is -2.19. The second-order valence-electron chi connectivity index (χ2n) is 3.32. The summed E-state index contributed by atoms with van der Waals surface area (Å²) in [4.78, 5) is 4.34. The van der Waals surface area contributed by atoms with Gasteiger partial charge in [-0.25, -0.2) is 4.98 Å². The second kappa shape index (κ2) is 4.13. The van der Waals surface area contributed by atoms with E-state index in [9.17, 15) is 0 Å². The first kappa shape index (κ1) is 10.3. The van der Waals surface area contributed by atoms with Gasteiger partial charge in [0.05, 0.1) is 11.1 Å². The number of aryl methyl sites for hydroxylation is 1. The van der Waals surface area contributed by atoms with Crippen LogP contribution in [-0.2, 0) is 0 Å². The van der Waals surface area contributed by atoms with E-state index in [1.54, 1.807) is 13.8 Å². The molecule has 0 spiro atoms. The van der Waals surface area contributed by atoms with E-state index < -0.39 is 0 Å². The van der Waals surface area contributed by atoms with Crippen molar-refractivity contribution in [1.82, 2.24) is 4.98 Å². The predicted molar refractivity (Wildman–Crippen MR) is 63.9 cm³/mol. The molecule has 0 fully saturated rings. The zero-order valence-electron chi connectivity index (χ0n) is 9.51. The molecule has 1 aromatic heterocycles. The second-order valence-corrected chi connectivity index (χ2v) is 3.32. The average Bonchev–Trinajstić information content (AvgIpc) is 2.64. The minimum atomic E-state index is 0.638. The number of fused-ring (bicyclic) bond motifs is 1. The van der Waals surface area contributed by atoms with Crippen molar-refractivity contribution >= 4 is 11.1 Å². The van der Waals surface area contributed by atoms with Crippen molar-refractivity contribution in [2.24, 2.45) is 0 Å². The van der Waals surface area contributed by atoms with Crippen LogP contribution in [0.4, 0.5) is 0 Å². The quantitative estimate of drug-likeness (QED) is 0.623. The molecule has 0 unspecified atom stereocenters. The van der Waals surface area contributed by atoms with Crippen LogP contribution in [0.25, 0.3) is 11.1 Å². The molecule has 2 nitrogen and oxygen atoms in total. The van der Waals surface area contributed by atoms with Crippen LogP contribution in [0.5, 0.6) is 0 Å². The zero-order valence-corrected chi connectivity index (χ0v) is 9.51. The number of benzene rings is 1. The van der Waals surface area contributed by atoms with Gasteiger partial charge in [0.25, 0.3) is 0 Å². The van der Waals surface area contributed by atoms with Crippen LogP contribution in [-0.4, -0.2) is 4.98 Å². The van der Waals surface area contributed by atoms with Crippen molar-refractivity contribution in [3.63, 3.8) is 0 Å². The summed E-state index contributed by atoms with van der Waals surface area (Å²) >= 11 is 0. The van der Waals surface area contributed by atoms with Crippen molar-refractivity contribution in [2.75, 3.05) is 0 Å². The Morgan fingerprint density at radius 2 is 1.69 bits per heavy atom. The fraction of sp³-hybridized carbons (Fsp3) is 0.214. The third-order valence-corrected chi connectivity index (χ3v) is 2.17. The molecule has 2 rings (SSSR count). The first-order valence-corrected chi connectivity index (χ1v) is 5.02. The molecule has 0 aliphatic carbocycles. The van der Waals surface area contributed by atoms with Crippen LogP contribution in [0.15, 0.2) is 16.5 Å². The molecule has 2 aromatic rings. The SMILES string of the molecule is CC#Cc1ccc(C#CC)c2oc(C)nc12. The molecule has 16 heavy (non-hydrogen) atoms. The van der Waals surface area contributed by atoms with E-state index in [1.807, 2.05) is 19.1 Å². The molecule has 0 N–H and O–H groups in total. The predicted octanol–water partition coefficient (Wildman–Crippen LogP) is 2.88. The Balaban J connectivity index is 2.82. The summed E-state index contributed by atoms with van der Waals surface area (Å²) in [6, 6.07) is 3.85. The van der Waals surface area contributed by atoms with Crippen LogP contribution >= 0.6 is 0 Å². The van der Waals surface area contributed by atoms with Crippen molar-refractivity contribution in [3.8, 4) is 23.7 Å². The maximum absolute atomic E-state index is 5.56. The molecule has 0 aliphatic rings. The summed E-state index contributed by atoms with van der Waals surface area (Å²) in [5, 5.41) is 0. The number of hydrogen-bond donors (Lipinski definition) is 0. The van der Waals surface area contributed by atoms with E-state index in [0.717, 1.165) is 22.2 Å². The van der Waals surface area contributed by atoms with Gasteiger partial charge in [-0.1, -0.05) is 11.8 Å². The van der Waals surface area contributed by atoms with Crippen LogP contribution in [0.1, 0.15) is 30.9 Å². The molecule has 0 amide bonds. The fourth-order valence-corrected chi connectivity index (χ4v) is 1.58. The Bertz CT molecular complexity index is 600. The zero-order chi connectivity index (χ0) is 11.5. The Morgan fingerprint density at radius 1 is 1.06 bits per heavy atom. The topological polar surface area (TPSA) is 26.0 Å². The monoisotopic (exact) mass is 209 g/mol. The molecule has 0 aliphatic heterocycles. The molecule has 78 valence electrons. The fourth-order valence-electron chi connectivity index (χ4n) is 1.58. The van der Waals surface area contributed by atoms with Gasteiger partial charge in [0.1, 0.15) is 5.52 Å². The van der Waals surface area contributed by atoms with Gasteiger partial charge in [0, 0.05) is 6.92 Å². The van der Waals surface area contributed by atoms with Gasteiger partial charge >= 0.3 is 0 Å². The summed E-state index contributed by atoms with van der Waals surface area (Å²) in [5.41, 5.74) is 3.27. The molecule has 0 saturated heterocycles. The van der Waals surface area contributed by atoms with Gasteiger partial charge in [-0.3, -0.25) is 0 Å². The Morgan fingerprint density at radius 3 is 2.38 bits per heavy atom. The molecule has 2 heteroatoms. The van der Waals surface area contributed by atoms with Gasteiger partial charge in [0.2, 0.25) is 0 Å². The lowest BCUT2D eigenvalue weighted by atomic mass is 10.1. The first-order valence-electron chi connectivity index (χ1n) is 5.02. The van der Waals surface area contributed by atoms with Crippen molar-refractivity contribution in [1.29, 1.82) is 0 Å². The largest absolute Gasteiger partial charge is 0.440 e. The van der Waals surface area contributed by atoms with Crippen LogP contribution in [0, 0.1) is 30.6 Å². The van der Waals surface area contributed by atoms with E-state index in [2.05, 4.69) is 28.7 Å². The molecular weight excluding hydrogens is 198 g/mol. The smallest absolute Gasteiger partial charge is 0.192 e. The highest BCUT2D eigenvalue weighted by atomic mass is 16.3. The number of oxazole rings is 1. The molecular formula is C14H11NO. The van der Waals surface area contributed by atoms with Crippen molar-refractivity contribution < 1.29 is 4.42 Å². The lowest BCUT2D eigenvalue weighted by molar-refractivity contribution is 0.560. The standard InChI is InChI=1S/C14H11NO/c1-4-6-11-8-9-12(7-5-2)14-13(11)15-10(3)16-14/h8-9H,1-3H3. The minimum Gasteiger partial charge on any atom is -0.440 e. The normalized spacial score (nSPS) is 9.19. The molecule has 0 bridgehead atoms. The van der Waals surface area contributed by atoms with Gasteiger partial charge in [-0.05, 0) is 26.0 Å². The molecule has 0 atom stereocenters. The lowest BCUT2D eigenvalue weighted by Gasteiger charge is -1.94. The number of hydrogen-bond acceptors (Lipinski definition) is 2. The average molecular weight is 209 g/mol. The summed E-state index contributed by atoms with van der Waals surface area (Å²) in [7, 11) is 0. The third kappa shape index (κ3) is 1.66. The van der Waals surface area contributed by atoms with Gasteiger partial charge < -0.3 is 4.42 Å². The highest BCUT2D eigenvalue weighted by Crippen LogP contribution is 2.22. The third-order valence-electron chi connectivity index (χ3n) is 2.17. The number of nitrogens with zero attached hydrogens (tertiary/aromatic N) is 1. The maximum Gasteiger partial charge on any atom is 0.192 e. The first-order chi connectivity index (χ1) is 7.76. The van der Waals surface area contributed by atoms with Gasteiger partial charge in [-0.15, -0.1) is 11.8 Å². The summed E-state index contributed by atoms with van der Waals surface area (Å²) in [6.45, 7) is 5.43. The van der Waals surface area contributed by atoms with Crippen molar-refractivity contribution in [2.45, 2.75) is 20.8 Å². The molecule has 0 saturated carbocycles. The maximum atomic E-state index is 5.56. The van der Waals surface area contributed by atoms with Crippen LogP contribution < -0.4 is 0 Å². The van der Waals surface area contributed by atoms with Gasteiger partial charge in [-0.2, -0.15) is 0 Å².